The number of carbonyl (C=O) groups is 4. The van der Waals surface area contributed by atoms with Crippen molar-refractivity contribution in [3.63, 3.8) is 0 Å². The van der Waals surface area contributed by atoms with Crippen LogP contribution in [0.5, 0.6) is 0 Å². The Morgan fingerprint density at radius 1 is 1.18 bits per heavy atom. The second-order valence-electron chi connectivity index (χ2n) is 5.41. The molecule has 0 aromatic carbocycles. The van der Waals surface area contributed by atoms with Crippen molar-refractivity contribution >= 4 is 51.5 Å². The molecule has 0 saturated heterocycles. The van der Waals surface area contributed by atoms with Gasteiger partial charge in [-0.25, -0.2) is 14.4 Å². The van der Waals surface area contributed by atoms with Gasteiger partial charge in [0.25, 0.3) is 5.91 Å². The minimum Gasteiger partial charge on any atom is -0.465 e. The highest BCUT2D eigenvalue weighted by atomic mass is 32.1. The molecule has 0 aliphatic heterocycles. The summed E-state index contributed by atoms with van der Waals surface area (Å²) in [5, 5.41) is 4.29. The van der Waals surface area contributed by atoms with E-state index in [9.17, 15) is 19.2 Å². The summed E-state index contributed by atoms with van der Waals surface area (Å²) in [5.41, 5.74) is 5.84. The zero-order valence-electron chi connectivity index (χ0n) is 15.3. The summed E-state index contributed by atoms with van der Waals surface area (Å²) < 4.78 is 14.5. The molecule has 0 bridgehead atoms. The molecule has 1 amide bonds. The minimum absolute atomic E-state index is 0.0310. The molecule has 0 fully saturated rings. The Morgan fingerprint density at radius 3 is 2.43 bits per heavy atom. The van der Waals surface area contributed by atoms with Gasteiger partial charge in [-0.2, -0.15) is 0 Å². The van der Waals surface area contributed by atoms with Crippen LogP contribution in [0.25, 0.3) is 0 Å². The molecule has 0 saturated carbocycles. The number of methoxy groups -OCH3 is 2. The molecule has 0 radical (unpaired) electrons. The van der Waals surface area contributed by atoms with Crippen LogP contribution < -0.4 is 11.1 Å². The predicted octanol–water partition coefficient (Wildman–Crippen LogP) is 1.83. The average molecular weight is 426 g/mol. The van der Waals surface area contributed by atoms with E-state index in [4.69, 9.17) is 10.5 Å². The van der Waals surface area contributed by atoms with E-state index in [0.717, 1.165) is 18.4 Å². The first kappa shape index (κ1) is 21.4. The maximum absolute atomic E-state index is 12.2. The van der Waals surface area contributed by atoms with E-state index in [1.54, 1.807) is 17.5 Å². The van der Waals surface area contributed by atoms with E-state index >= 15 is 0 Å². The number of hydrogen-bond acceptors (Lipinski definition) is 10. The van der Waals surface area contributed by atoms with E-state index in [0.29, 0.717) is 4.88 Å². The fourth-order valence-electron chi connectivity index (χ4n) is 2.21. The van der Waals surface area contributed by atoms with E-state index in [2.05, 4.69) is 14.8 Å². The Morgan fingerprint density at radius 2 is 1.86 bits per heavy atom. The zero-order chi connectivity index (χ0) is 20.8. The molecule has 2 aromatic rings. The Kier molecular flexibility index (Phi) is 7.12. The lowest BCUT2D eigenvalue weighted by molar-refractivity contribution is -0.146. The van der Waals surface area contributed by atoms with Crippen molar-refractivity contribution in [2.75, 3.05) is 20.0 Å². The molecule has 2 rings (SSSR count). The van der Waals surface area contributed by atoms with Gasteiger partial charge in [0.05, 0.1) is 19.1 Å². The van der Waals surface area contributed by atoms with Gasteiger partial charge in [0.1, 0.15) is 28.1 Å². The van der Waals surface area contributed by atoms with Crippen molar-refractivity contribution in [2.24, 2.45) is 0 Å². The summed E-state index contributed by atoms with van der Waals surface area (Å²) in [6.45, 7) is 1.04. The number of rotatable bonds is 7. The summed E-state index contributed by atoms with van der Waals surface area (Å²) >= 11 is 2.06. The molecule has 150 valence electrons. The summed E-state index contributed by atoms with van der Waals surface area (Å²) in [4.78, 5) is 48.7. The lowest BCUT2D eigenvalue weighted by Crippen LogP contribution is -2.39. The molecule has 2 heterocycles. The Hall–Kier alpha value is -2.92. The molecule has 28 heavy (non-hydrogen) atoms. The van der Waals surface area contributed by atoms with Crippen molar-refractivity contribution in [3.8, 4) is 0 Å². The summed E-state index contributed by atoms with van der Waals surface area (Å²) in [6, 6.07) is 2.39. The van der Waals surface area contributed by atoms with E-state index in [1.807, 2.05) is 0 Å². The van der Waals surface area contributed by atoms with Gasteiger partial charge >= 0.3 is 17.9 Å². The molecule has 1 atom stereocenters. The summed E-state index contributed by atoms with van der Waals surface area (Å²) in [7, 11) is 2.34. The quantitative estimate of drug-likeness (QED) is 0.506. The first-order valence-electron chi connectivity index (χ1n) is 7.88. The minimum atomic E-state index is -0.950. The number of esters is 3. The van der Waals surface area contributed by atoms with Gasteiger partial charge < -0.3 is 25.3 Å². The first-order chi connectivity index (χ1) is 13.3. The van der Waals surface area contributed by atoms with Crippen LogP contribution in [-0.2, 0) is 25.6 Å². The average Bonchev–Trinajstić information content (AvgIpc) is 3.32. The fraction of sp³-hybridized carbons (Fsp3) is 0.294. The topological polar surface area (TPSA) is 134 Å². The highest BCUT2D eigenvalue weighted by Crippen LogP contribution is 2.33. The molecule has 0 aliphatic rings. The van der Waals surface area contributed by atoms with Crippen LogP contribution in [0.15, 0.2) is 17.5 Å². The third-order valence-corrected chi connectivity index (χ3v) is 5.51. The van der Waals surface area contributed by atoms with E-state index < -0.39 is 36.5 Å². The molecule has 9 nitrogen and oxygen atoms in total. The SMILES string of the molecule is COC(=O)c1sc(N)c(C(=O)OC)c1COC(=O)C(C)NC(=O)c1cccs1. The van der Waals surface area contributed by atoms with Gasteiger partial charge in [-0.15, -0.1) is 22.7 Å². The normalized spacial score (nSPS) is 11.4. The number of amides is 1. The number of nitrogens with two attached hydrogens (primary N) is 1. The van der Waals surface area contributed by atoms with Crippen molar-refractivity contribution in [3.05, 3.63) is 38.4 Å². The van der Waals surface area contributed by atoms with Gasteiger partial charge in [0, 0.05) is 5.56 Å². The summed E-state index contributed by atoms with van der Waals surface area (Å²) in [6.07, 6.45) is 0. The molecule has 3 N–H and O–H groups in total. The molecule has 11 heteroatoms. The number of nitrogen functional groups attached to an aromatic ring is 1. The van der Waals surface area contributed by atoms with Gasteiger partial charge in [0.2, 0.25) is 0 Å². The Labute approximate surface area is 168 Å². The van der Waals surface area contributed by atoms with E-state index in [1.165, 1.54) is 25.4 Å². The van der Waals surface area contributed by atoms with Crippen molar-refractivity contribution in [1.29, 1.82) is 0 Å². The fourth-order valence-corrected chi connectivity index (χ4v) is 3.81. The van der Waals surface area contributed by atoms with Crippen molar-refractivity contribution in [2.45, 2.75) is 19.6 Å². The molecule has 2 aromatic heterocycles. The van der Waals surface area contributed by atoms with Gasteiger partial charge in [-0.05, 0) is 18.4 Å². The Bertz CT molecular complexity index is 890. The van der Waals surface area contributed by atoms with Crippen LogP contribution in [0.2, 0.25) is 0 Å². The van der Waals surface area contributed by atoms with Gasteiger partial charge in [-0.3, -0.25) is 4.79 Å². The van der Waals surface area contributed by atoms with Crippen LogP contribution in [0, 0.1) is 0 Å². The van der Waals surface area contributed by atoms with Crippen molar-refractivity contribution < 1.29 is 33.4 Å². The molecular formula is C17H18N2O7S2. The number of anilines is 1. The highest BCUT2D eigenvalue weighted by molar-refractivity contribution is 7.18. The number of thiophene rings is 2. The summed E-state index contributed by atoms with van der Waals surface area (Å²) in [5.74, 6) is -2.66. The molecular weight excluding hydrogens is 408 g/mol. The number of ether oxygens (including phenoxy) is 3. The lowest BCUT2D eigenvalue weighted by atomic mass is 10.1. The Balaban J connectivity index is 2.13. The van der Waals surface area contributed by atoms with Crippen LogP contribution in [0.3, 0.4) is 0 Å². The van der Waals surface area contributed by atoms with Crippen LogP contribution in [0.4, 0.5) is 5.00 Å². The largest absolute Gasteiger partial charge is 0.465 e. The van der Waals surface area contributed by atoms with Gasteiger partial charge in [0.15, 0.2) is 0 Å². The smallest absolute Gasteiger partial charge is 0.348 e. The zero-order valence-corrected chi connectivity index (χ0v) is 16.9. The molecule has 0 aliphatic carbocycles. The number of nitrogens with one attached hydrogen (secondary N) is 1. The lowest BCUT2D eigenvalue weighted by Gasteiger charge is -2.13. The monoisotopic (exact) mass is 426 g/mol. The third kappa shape index (κ3) is 4.67. The first-order valence-corrected chi connectivity index (χ1v) is 9.58. The number of hydrogen-bond donors (Lipinski definition) is 2. The highest BCUT2D eigenvalue weighted by Gasteiger charge is 2.28. The van der Waals surface area contributed by atoms with Crippen molar-refractivity contribution in [1.82, 2.24) is 5.32 Å². The second-order valence-corrected chi connectivity index (χ2v) is 7.41. The van der Waals surface area contributed by atoms with Crippen LogP contribution in [0.1, 0.15) is 42.2 Å². The van der Waals surface area contributed by atoms with Crippen LogP contribution in [-0.4, -0.2) is 44.1 Å². The standard InChI is InChI=1S/C17H18N2O7S2/c1-8(19-14(20)10-5-4-6-27-10)15(21)26-7-9-11(16(22)24-2)13(18)28-12(9)17(23)25-3/h4-6,8H,7,18H2,1-3H3,(H,19,20). The third-order valence-electron chi connectivity index (χ3n) is 3.60. The molecule has 1 unspecified atom stereocenters. The van der Waals surface area contributed by atoms with Gasteiger partial charge in [-0.1, -0.05) is 6.07 Å². The maximum Gasteiger partial charge on any atom is 0.348 e. The maximum atomic E-state index is 12.2. The second kappa shape index (κ2) is 9.33. The van der Waals surface area contributed by atoms with E-state index in [-0.39, 0.29) is 21.0 Å². The number of carbonyl (C=O) groups excluding carboxylic acids is 4. The van der Waals surface area contributed by atoms with Crippen LogP contribution >= 0.6 is 22.7 Å². The molecule has 0 spiro atoms. The predicted molar refractivity (Wildman–Crippen MR) is 102 cm³/mol.